The van der Waals surface area contributed by atoms with Gasteiger partial charge in [-0.2, -0.15) is 0 Å². The molecule has 90 valence electrons. The molecule has 4 aromatic carbocycles. The second-order valence-electron chi connectivity index (χ2n) is 4.93. The van der Waals surface area contributed by atoms with Gasteiger partial charge in [-0.15, -0.1) is 0 Å². The highest BCUT2D eigenvalue weighted by atomic mass is 16.1. The predicted molar refractivity (Wildman–Crippen MR) is 79.9 cm³/mol. The van der Waals surface area contributed by atoms with Crippen LogP contribution in [0.1, 0.15) is 10.4 Å². The highest BCUT2D eigenvalue weighted by molar-refractivity contribution is 6.24. The van der Waals surface area contributed by atoms with Crippen molar-refractivity contribution < 1.29 is 4.79 Å². The maximum Gasteiger partial charge on any atom is 0.150 e. The van der Waals surface area contributed by atoms with Gasteiger partial charge in [0.05, 0.1) is 0 Å². The number of hydrogen-bond acceptors (Lipinski definition) is 2. The number of nitrogens with two attached hydrogens (primary N) is 1. The van der Waals surface area contributed by atoms with E-state index >= 15 is 0 Å². The van der Waals surface area contributed by atoms with Gasteiger partial charge in [0.1, 0.15) is 6.29 Å². The zero-order valence-corrected chi connectivity index (χ0v) is 10.2. The van der Waals surface area contributed by atoms with Crippen molar-refractivity contribution >= 4 is 44.3 Å². The summed E-state index contributed by atoms with van der Waals surface area (Å²) in [4.78, 5) is 11.0. The van der Waals surface area contributed by atoms with Crippen LogP contribution in [0.5, 0.6) is 0 Å². The Bertz CT molecular complexity index is 873. The normalized spacial score (nSPS) is 11.6. The SMILES string of the molecule is Nc1cc2ccc3cc(C=O)cc4ccc(c1)c2c34. The van der Waals surface area contributed by atoms with Crippen molar-refractivity contribution in [3.8, 4) is 0 Å². The van der Waals surface area contributed by atoms with Gasteiger partial charge in [0.2, 0.25) is 0 Å². The lowest BCUT2D eigenvalue weighted by Gasteiger charge is -2.11. The molecule has 2 heteroatoms. The van der Waals surface area contributed by atoms with E-state index in [1.54, 1.807) is 0 Å². The lowest BCUT2D eigenvalue weighted by atomic mass is 9.93. The summed E-state index contributed by atoms with van der Waals surface area (Å²) in [6, 6.07) is 16.1. The molecule has 0 heterocycles. The van der Waals surface area contributed by atoms with Crippen LogP contribution in [0.2, 0.25) is 0 Å². The Morgan fingerprint density at radius 1 is 0.737 bits per heavy atom. The molecule has 0 aliphatic carbocycles. The minimum atomic E-state index is 0.713. The van der Waals surface area contributed by atoms with E-state index in [0.717, 1.165) is 33.5 Å². The molecule has 2 nitrogen and oxygen atoms in total. The van der Waals surface area contributed by atoms with Crippen LogP contribution >= 0.6 is 0 Å². The predicted octanol–water partition coefficient (Wildman–Crippen LogP) is 3.98. The lowest BCUT2D eigenvalue weighted by Crippen LogP contribution is -1.89. The van der Waals surface area contributed by atoms with Crippen LogP contribution in [0.4, 0.5) is 5.69 Å². The summed E-state index contributed by atoms with van der Waals surface area (Å²) in [5.41, 5.74) is 7.42. The first kappa shape index (κ1) is 10.3. The van der Waals surface area contributed by atoms with Gasteiger partial charge >= 0.3 is 0 Å². The van der Waals surface area contributed by atoms with Gasteiger partial charge in [-0.05, 0) is 56.6 Å². The van der Waals surface area contributed by atoms with Gasteiger partial charge in [-0.1, -0.05) is 24.3 Å². The molecule has 2 N–H and O–H groups in total. The van der Waals surface area contributed by atoms with Crippen molar-refractivity contribution in [1.29, 1.82) is 0 Å². The summed E-state index contributed by atoms with van der Waals surface area (Å²) in [5, 5.41) is 6.92. The van der Waals surface area contributed by atoms with E-state index in [9.17, 15) is 4.79 Å². The van der Waals surface area contributed by atoms with Crippen LogP contribution in [0.25, 0.3) is 32.3 Å². The number of aldehydes is 1. The minimum absolute atomic E-state index is 0.713. The molecule has 0 aromatic heterocycles. The molecule has 19 heavy (non-hydrogen) atoms. The molecule has 0 spiro atoms. The van der Waals surface area contributed by atoms with Gasteiger partial charge in [-0.25, -0.2) is 0 Å². The number of benzene rings is 4. The monoisotopic (exact) mass is 245 g/mol. The Kier molecular flexibility index (Phi) is 1.88. The number of carbonyl (C=O) groups is 1. The van der Waals surface area contributed by atoms with Gasteiger partial charge in [-0.3, -0.25) is 4.79 Å². The Balaban J connectivity index is 2.35. The summed E-state index contributed by atoms with van der Waals surface area (Å²) in [5.74, 6) is 0. The first-order chi connectivity index (χ1) is 9.26. The van der Waals surface area contributed by atoms with Crippen molar-refractivity contribution in [2.45, 2.75) is 0 Å². The third-order valence-corrected chi connectivity index (χ3v) is 3.71. The van der Waals surface area contributed by atoms with Gasteiger partial charge in [0.15, 0.2) is 0 Å². The number of hydrogen-bond donors (Lipinski definition) is 1. The molecule has 0 bridgehead atoms. The molecule has 0 aliphatic rings. The summed E-state index contributed by atoms with van der Waals surface area (Å²) >= 11 is 0. The van der Waals surface area contributed by atoms with Crippen LogP contribution in [-0.4, -0.2) is 6.29 Å². The molecule has 0 unspecified atom stereocenters. The fourth-order valence-corrected chi connectivity index (χ4v) is 2.95. The van der Waals surface area contributed by atoms with E-state index in [1.165, 1.54) is 10.8 Å². The Hall–Kier alpha value is -2.61. The number of anilines is 1. The first-order valence-corrected chi connectivity index (χ1v) is 6.19. The van der Waals surface area contributed by atoms with Crippen molar-refractivity contribution in [1.82, 2.24) is 0 Å². The van der Waals surface area contributed by atoms with Crippen LogP contribution in [-0.2, 0) is 0 Å². The van der Waals surface area contributed by atoms with Crippen LogP contribution < -0.4 is 5.73 Å². The van der Waals surface area contributed by atoms with E-state index in [-0.39, 0.29) is 0 Å². The number of carbonyl (C=O) groups excluding carboxylic acids is 1. The topological polar surface area (TPSA) is 43.1 Å². The van der Waals surface area contributed by atoms with E-state index in [1.807, 2.05) is 24.3 Å². The average molecular weight is 245 g/mol. The van der Waals surface area contributed by atoms with E-state index in [4.69, 9.17) is 5.73 Å². The molecule has 0 radical (unpaired) electrons. The zero-order chi connectivity index (χ0) is 13.0. The largest absolute Gasteiger partial charge is 0.399 e. The summed E-state index contributed by atoms with van der Waals surface area (Å²) in [6.07, 6.45) is 0.895. The average Bonchev–Trinajstić information content (AvgIpc) is 2.43. The smallest absolute Gasteiger partial charge is 0.150 e. The Labute approximate surface area is 109 Å². The lowest BCUT2D eigenvalue weighted by molar-refractivity contribution is 0.112. The fourth-order valence-electron chi connectivity index (χ4n) is 2.95. The van der Waals surface area contributed by atoms with E-state index < -0.39 is 0 Å². The standard InChI is InChI=1S/C17H11NO/c18-15-7-13-3-1-11-5-10(9-19)6-12-2-4-14(8-15)17(13)16(11)12/h1-9H,18H2. The maximum absolute atomic E-state index is 11.0. The third-order valence-electron chi connectivity index (χ3n) is 3.71. The highest BCUT2D eigenvalue weighted by Crippen LogP contribution is 2.36. The van der Waals surface area contributed by atoms with Crippen LogP contribution in [0.15, 0.2) is 48.5 Å². The Morgan fingerprint density at radius 3 is 1.58 bits per heavy atom. The molecule has 4 rings (SSSR count). The van der Waals surface area contributed by atoms with Gasteiger partial charge in [0, 0.05) is 11.3 Å². The molecule has 0 saturated heterocycles. The zero-order valence-electron chi connectivity index (χ0n) is 10.2. The van der Waals surface area contributed by atoms with Gasteiger partial charge in [0.25, 0.3) is 0 Å². The van der Waals surface area contributed by atoms with Gasteiger partial charge < -0.3 is 5.73 Å². The second-order valence-corrected chi connectivity index (χ2v) is 4.93. The minimum Gasteiger partial charge on any atom is -0.399 e. The molecule has 0 saturated carbocycles. The Morgan fingerprint density at radius 2 is 1.16 bits per heavy atom. The number of rotatable bonds is 1. The van der Waals surface area contributed by atoms with Crippen LogP contribution in [0, 0.1) is 0 Å². The summed E-state index contributed by atoms with van der Waals surface area (Å²) < 4.78 is 0. The molecule has 0 aliphatic heterocycles. The van der Waals surface area contributed by atoms with Crippen LogP contribution in [0.3, 0.4) is 0 Å². The van der Waals surface area contributed by atoms with E-state index in [2.05, 4.69) is 24.3 Å². The summed E-state index contributed by atoms with van der Waals surface area (Å²) in [6.45, 7) is 0. The van der Waals surface area contributed by atoms with Crippen molar-refractivity contribution in [2.75, 3.05) is 5.73 Å². The van der Waals surface area contributed by atoms with E-state index in [0.29, 0.717) is 5.56 Å². The second kappa shape index (κ2) is 3.45. The molecule has 0 atom stereocenters. The fraction of sp³-hybridized carbons (Fsp3) is 0. The number of nitrogen functional groups attached to an aromatic ring is 1. The third kappa shape index (κ3) is 1.34. The van der Waals surface area contributed by atoms with Crippen molar-refractivity contribution in [3.05, 3.63) is 54.1 Å². The van der Waals surface area contributed by atoms with Crippen molar-refractivity contribution in [3.63, 3.8) is 0 Å². The quantitative estimate of drug-likeness (QED) is 0.313. The highest BCUT2D eigenvalue weighted by Gasteiger charge is 2.09. The summed E-state index contributed by atoms with van der Waals surface area (Å²) in [7, 11) is 0. The maximum atomic E-state index is 11.0. The molecule has 0 fully saturated rings. The molecular weight excluding hydrogens is 234 g/mol. The molecule has 0 amide bonds. The molecular formula is C17H11NO. The van der Waals surface area contributed by atoms with Crippen molar-refractivity contribution in [2.24, 2.45) is 0 Å². The molecule has 4 aromatic rings. The first-order valence-electron chi connectivity index (χ1n) is 6.19.